The number of benzene rings is 3. The molecule has 4 rings (SSSR count). The highest BCUT2D eigenvalue weighted by atomic mass is 32.2. The van der Waals surface area contributed by atoms with E-state index < -0.39 is 17.7 Å². The second kappa shape index (κ2) is 13.5. The molecular weight excluding hydrogens is 550 g/mol. The number of amides is 1. The van der Waals surface area contributed by atoms with Gasteiger partial charge < -0.3 is 19.1 Å². The monoisotopic (exact) mass is 589 g/mol. The molecule has 3 aromatic rings. The second-order valence-corrected chi connectivity index (χ2v) is 12.0. The third-order valence-corrected chi connectivity index (χ3v) is 8.24. The Bertz CT molecular complexity index is 1400. The van der Waals surface area contributed by atoms with Crippen molar-refractivity contribution in [2.75, 3.05) is 26.0 Å². The number of rotatable bonds is 10. The molecule has 1 aliphatic rings. The van der Waals surface area contributed by atoms with E-state index in [-0.39, 0.29) is 30.8 Å². The van der Waals surface area contributed by atoms with E-state index in [9.17, 15) is 14.4 Å². The smallest absolute Gasteiger partial charge is 0.415 e. The van der Waals surface area contributed by atoms with Crippen LogP contribution >= 0.6 is 11.8 Å². The molecule has 0 aliphatic carbocycles. The molecule has 1 amide bonds. The molecule has 8 heteroatoms. The Hall–Kier alpha value is -3.78. The lowest BCUT2D eigenvalue weighted by Gasteiger charge is -2.27. The summed E-state index contributed by atoms with van der Waals surface area (Å²) in [5.41, 5.74) is 2.30. The maximum Gasteiger partial charge on any atom is 0.415 e. The molecule has 0 N–H and O–H groups in total. The van der Waals surface area contributed by atoms with Crippen LogP contribution in [0.25, 0.3) is 0 Å². The predicted octanol–water partition coefficient (Wildman–Crippen LogP) is 6.92. The fourth-order valence-electron chi connectivity index (χ4n) is 5.37. The van der Waals surface area contributed by atoms with Gasteiger partial charge in [0.25, 0.3) is 0 Å². The highest BCUT2D eigenvalue weighted by molar-refractivity contribution is 7.98. The van der Waals surface area contributed by atoms with Crippen molar-refractivity contribution in [1.82, 2.24) is 4.90 Å². The fourth-order valence-corrected chi connectivity index (χ4v) is 5.78. The number of carbonyl (C=O) groups is 3. The number of hydrogen-bond donors (Lipinski definition) is 0. The van der Waals surface area contributed by atoms with Gasteiger partial charge in [-0.05, 0) is 94.2 Å². The number of ketones is 1. The zero-order chi connectivity index (χ0) is 30.4. The SMILES string of the molecule is CCOC(=O)C(C)(C)Oc1c(C)cc(CC2CN(C(=O)Oc3ccccc3)C[C@@H]2C(=O)c2ccc(SC)cc2)cc1C. The van der Waals surface area contributed by atoms with Gasteiger partial charge in [0, 0.05) is 29.5 Å². The minimum atomic E-state index is -1.14. The minimum Gasteiger partial charge on any atom is -0.476 e. The molecule has 1 heterocycles. The van der Waals surface area contributed by atoms with E-state index in [1.807, 2.05) is 74.7 Å². The zero-order valence-corrected chi connectivity index (χ0v) is 26.0. The van der Waals surface area contributed by atoms with Gasteiger partial charge in [-0.3, -0.25) is 4.79 Å². The maximum absolute atomic E-state index is 13.8. The Morgan fingerprint density at radius 3 is 2.19 bits per heavy atom. The lowest BCUT2D eigenvalue weighted by Crippen LogP contribution is -2.40. The average molecular weight is 590 g/mol. The van der Waals surface area contributed by atoms with Gasteiger partial charge >= 0.3 is 12.1 Å². The summed E-state index contributed by atoms with van der Waals surface area (Å²) in [6, 6.07) is 20.6. The maximum atomic E-state index is 13.8. The molecule has 1 aliphatic heterocycles. The fraction of sp³-hybridized carbons (Fsp3) is 0.382. The summed E-state index contributed by atoms with van der Waals surface area (Å²) >= 11 is 1.62. The zero-order valence-electron chi connectivity index (χ0n) is 25.1. The van der Waals surface area contributed by atoms with Gasteiger partial charge in [0.15, 0.2) is 11.4 Å². The molecule has 0 bridgehead atoms. The summed E-state index contributed by atoms with van der Waals surface area (Å²) in [4.78, 5) is 42.0. The molecule has 1 fully saturated rings. The van der Waals surface area contributed by atoms with E-state index in [0.29, 0.717) is 30.0 Å². The first kappa shape index (κ1) is 31.2. The number of hydrogen-bond acceptors (Lipinski definition) is 7. The Kier molecular flexibility index (Phi) is 9.99. The van der Waals surface area contributed by atoms with Gasteiger partial charge in [0.1, 0.15) is 11.5 Å². The molecule has 1 saturated heterocycles. The third-order valence-electron chi connectivity index (χ3n) is 7.50. The summed E-state index contributed by atoms with van der Waals surface area (Å²) < 4.78 is 16.9. The Morgan fingerprint density at radius 1 is 0.952 bits per heavy atom. The number of esters is 1. The van der Waals surface area contributed by atoms with Crippen LogP contribution in [-0.2, 0) is 16.0 Å². The van der Waals surface area contributed by atoms with Gasteiger partial charge in [-0.1, -0.05) is 42.5 Å². The van der Waals surface area contributed by atoms with Gasteiger partial charge in [-0.2, -0.15) is 0 Å². The van der Waals surface area contributed by atoms with Crippen LogP contribution in [0.3, 0.4) is 0 Å². The highest BCUT2D eigenvalue weighted by Crippen LogP contribution is 2.34. The van der Waals surface area contributed by atoms with Gasteiger partial charge in [0.05, 0.1) is 6.61 Å². The number of Topliss-reactive ketones (excluding diaryl/α,β-unsaturated/α-hetero) is 1. The first-order valence-corrected chi connectivity index (χ1v) is 15.4. The van der Waals surface area contributed by atoms with E-state index in [0.717, 1.165) is 21.6 Å². The van der Waals surface area contributed by atoms with E-state index in [1.54, 1.807) is 49.6 Å². The largest absolute Gasteiger partial charge is 0.476 e. The lowest BCUT2D eigenvalue weighted by atomic mass is 9.84. The van der Waals surface area contributed by atoms with Crippen molar-refractivity contribution in [2.24, 2.45) is 11.8 Å². The number of para-hydroxylation sites is 1. The molecule has 0 saturated carbocycles. The number of thioether (sulfide) groups is 1. The Labute approximate surface area is 252 Å². The predicted molar refractivity (Wildman–Crippen MR) is 165 cm³/mol. The van der Waals surface area contributed by atoms with Crippen LogP contribution in [-0.4, -0.2) is 54.3 Å². The topological polar surface area (TPSA) is 82.1 Å². The van der Waals surface area contributed by atoms with E-state index >= 15 is 0 Å². The molecule has 222 valence electrons. The van der Waals surface area contributed by atoms with Crippen LogP contribution in [0.4, 0.5) is 4.79 Å². The molecular formula is C34H39NO6S. The third kappa shape index (κ3) is 7.34. The number of aryl methyl sites for hydroxylation is 2. The van der Waals surface area contributed by atoms with Crippen LogP contribution < -0.4 is 9.47 Å². The molecule has 2 atom stereocenters. The van der Waals surface area contributed by atoms with Gasteiger partial charge in [0.2, 0.25) is 0 Å². The van der Waals surface area contributed by atoms with E-state index in [2.05, 4.69) is 0 Å². The number of carbonyl (C=O) groups excluding carboxylic acids is 3. The molecule has 1 unspecified atom stereocenters. The van der Waals surface area contributed by atoms with Crippen molar-refractivity contribution >= 4 is 29.6 Å². The minimum absolute atomic E-state index is 0.0206. The summed E-state index contributed by atoms with van der Waals surface area (Å²) in [5, 5.41) is 0. The van der Waals surface area contributed by atoms with Crippen molar-refractivity contribution in [1.29, 1.82) is 0 Å². The first-order valence-electron chi connectivity index (χ1n) is 14.2. The standard InChI is InChI=1S/C34H39NO6S/c1-7-39-32(37)34(4,5)41-31-22(2)17-24(18-23(31)3)19-26-20-35(33(38)40-27-11-9-8-10-12-27)21-29(26)30(36)25-13-15-28(42-6)16-14-25/h8-18,26,29H,7,19-21H2,1-6H3/t26?,29-/m0/s1. The normalized spacial score (nSPS) is 16.7. The van der Waals surface area contributed by atoms with Gasteiger partial charge in [-0.15, -0.1) is 11.8 Å². The molecule has 0 spiro atoms. The van der Waals surface area contributed by atoms with Crippen molar-refractivity contribution in [3.05, 3.63) is 89.0 Å². The van der Waals surface area contributed by atoms with Crippen LogP contribution in [0, 0.1) is 25.7 Å². The lowest BCUT2D eigenvalue weighted by molar-refractivity contribution is -0.158. The molecule has 3 aromatic carbocycles. The highest BCUT2D eigenvalue weighted by Gasteiger charge is 2.41. The molecule has 7 nitrogen and oxygen atoms in total. The summed E-state index contributed by atoms with van der Waals surface area (Å²) in [5.74, 6) is 0.211. The quantitative estimate of drug-likeness (QED) is 0.144. The van der Waals surface area contributed by atoms with Crippen molar-refractivity contribution < 1.29 is 28.6 Å². The van der Waals surface area contributed by atoms with Crippen LogP contribution in [0.5, 0.6) is 11.5 Å². The van der Waals surface area contributed by atoms with Crippen molar-refractivity contribution in [3.8, 4) is 11.5 Å². The van der Waals surface area contributed by atoms with E-state index in [4.69, 9.17) is 14.2 Å². The Morgan fingerprint density at radius 2 is 1.60 bits per heavy atom. The van der Waals surface area contributed by atoms with E-state index in [1.165, 1.54) is 0 Å². The van der Waals surface area contributed by atoms with Crippen molar-refractivity contribution in [3.63, 3.8) is 0 Å². The number of likely N-dealkylation sites (tertiary alicyclic amines) is 1. The summed E-state index contributed by atoms with van der Waals surface area (Å²) in [6.45, 7) is 10.0. The second-order valence-electron chi connectivity index (χ2n) is 11.1. The van der Waals surface area contributed by atoms with Crippen LogP contribution in [0.2, 0.25) is 0 Å². The molecule has 0 radical (unpaired) electrons. The number of ether oxygens (including phenoxy) is 3. The summed E-state index contributed by atoms with van der Waals surface area (Å²) in [7, 11) is 0. The van der Waals surface area contributed by atoms with Crippen molar-refractivity contribution in [2.45, 2.75) is 51.5 Å². The first-order chi connectivity index (χ1) is 20.0. The molecule has 42 heavy (non-hydrogen) atoms. The Balaban J connectivity index is 1.57. The van der Waals surface area contributed by atoms with Crippen LogP contribution in [0.15, 0.2) is 71.6 Å². The summed E-state index contributed by atoms with van der Waals surface area (Å²) in [6.07, 6.45) is 2.13. The average Bonchev–Trinajstić information content (AvgIpc) is 3.39. The van der Waals surface area contributed by atoms with Crippen LogP contribution in [0.1, 0.15) is 47.8 Å². The van der Waals surface area contributed by atoms with Gasteiger partial charge in [-0.25, -0.2) is 9.59 Å². The number of nitrogens with zero attached hydrogens (tertiary/aromatic N) is 1. The molecule has 0 aromatic heterocycles.